The second-order valence-electron chi connectivity index (χ2n) is 7.03. The molecule has 23 heavy (non-hydrogen) atoms. The molecule has 1 aromatic carbocycles. The van der Waals surface area contributed by atoms with Crippen molar-refractivity contribution in [3.8, 4) is 5.75 Å². The van der Waals surface area contributed by atoms with Crippen LogP contribution in [0.5, 0.6) is 5.75 Å². The van der Waals surface area contributed by atoms with Gasteiger partial charge in [-0.15, -0.1) is 0 Å². The molecular formula is C17H25NO5. The highest BCUT2D eigenvalue weighted by Crippen LogP contribution is 2.30. The van der Waals surface area contributed by atoms with Crippen molar-refractivity contribution in [2.45, 2.75) is 46.6 Å². The monoisotopic (exact) mass is 323 g/mol. The third kappa shape index (κ3) is 5.81. The highest BCUT2D eigenvalue weighted by molar-refractivity contribution is 5.87. The maximum Gasteiger partial charge on any atom is 0.412 e. The Hall–Kier alpha value is -2.24. The third-order valence-corrected chi connectivity index (χ3v) is 3.12. The number of carbonyl (C=O) groups is 2. The van der Waals surface area contributed by atoms with Gasteiger partial charge in [0.15, 0.2) is 0 Å². The van der Waals surface area contributed by atoms with Crippen LogP contribution in [0.15, 0.2) is 18.2 Å². The van der Waals surface area contributed by atoms with E-state index in [1.54, 1.807) is 52.8 Å². The number of aliphatic carboxylic acids is 1. The van der Waals surface area contributed by atoms with Gasteiger partial charge in [0, 0.05) is 0 Å². The number of carboxylic acids is 1. The van der Waals surface area contributed by atoms with Gasteiger partial charge in [0.2, 0.25) is 0 Å². The smallest absolute Gasteiger partial charge is 0.412 e. The Morgan fingerprint density at radius 3 is 2.26 bits per heavy atom. The van der Waals surface area contributed by atoms with Gasteiger partial charge in [0.05, 0.1) is 18.2 Å². The van der Waals surface area contributed by atoms with Crippen molar-refractivity contribution in [1.82, 2.24) is 0 Å². The average molecular weight is 323 g/mol. The minimum atomic E-state index is -0.905. The van der Waals surface area contributed by atoms with Gasteiger partial charge in [0.25, 0.3) is 0 Å². The molecule has 0 atom stereocenters. The van der Waals surface area contributed by atoms with E-state index in [-0.39, 0.29) is 0 Å². The second kappa shape index (κ2) is 6.89. The summed E-state index contributed by atoms with van der Waals surface area (Å²) < 4.78 is 10.4. The molecule has 0 aliphatic heterocycles. The summed E-state index contributed by atoms with van der Waals surface area (Å²) in [6, 6.07) is 5.18. The standard InChI is InChI=1S/C17H25NO5/c1-16(2,3)23-15(21)18-12-9-11(7-8-13(12)22-6)10-17(4,5)14(19)20/h7-9H,10H2,1-6H3,(H,18,21)(H,19,20). The van der Waals surface area contributed by atoms with Crippen LogP contribution in [0.25, 0.3) is 0 Å². The van der Waals surface area contributed by atoms with Gasteiger partial charge < -0.3 is 14.6 Å². The molecule has 1 amide bonds. The molecule has 6 nitrogen and oxygen atoms in total. The normalized spacial score (nSPS) is 11.7. The van der Waals surface area contributed by atoms with Crippen molar-refractivity contribution < 1.29 is 24.2 Å². The summed E-state index contributed by atoms with van der Waals surface area (Å²) in [4.78, 5) is 23.2. The lowest BCUT2D eigenvalue weighted by molar-refractivity contribution is -0.146. The summed E-state index contributed by atoms with van der Waals surface area (Å²) in [6.07, 6.45) is -0.263. The number of amides is 1. The Balaban J connectivity index is 3.00. The lowest BCUT2D eigenvalue weighted by Crippen LogP contribution is -2.28. The van der Waals surface area contributed by atoms with Gasteiger partial charge in [-0.1, -0.05) is 6.07 Å². The summed E-state index contributed by atoms with van der Waals surface area (Å²) >= 11 is 0. The number of carboxylic acid groups (broad SMARTS) is 1. The number of rotatable bonds is 5. The summed E-state index contributed by atoms with van der Waals surface area (Å²) in [5, 5.41) is 11.9. The highest BCUT2D eigenvalue weighted by Gasteiger charge is 2.28. The van der Waals surface area contributed by atoms with Crippen LogP contribution >= 0.6 is 0 Å². The predicted octanol–water partition coefficient (Wildman–Crippen LogP) is 3.70. The molecular weight excluding hydrogens is 298 g/mol. The Bertz CT molecular complexity index is 587. The summed E-state index contributed by atoms with van der Waals surface area (Å²) in [5.41, 5.74) is -0.289. The quantitative estimate of drug-likeness (QED) is 0.863. The first kappa shape index (κ1) is 18.8. The van der Waals surface area contributed by atoms with Crippen LogP contribution in [0.4, 0.5) is 10.5 Å². The molecule has 0 fully saturated rings. The van der Waals surface area contributed by atoms with E-state index >= 15 is 0 Å². The van der Waals surface area contributed by atoms with E-state index in [1.807, 2.05) is 0 Å². The van der Waals surface area contributed by atoms with Crippen molar-refractivity contribution >= 4 is 17.7 Å². The predicted molar refractivity (Wildman–Crippen MR) is 88.0 cm³/mol. The molecule has 128 valence electrons. The molecule has 6 heteroatoms. The molecule has 1 aromatic rings. The first-order valence-electron chi connectivity index (χ1n) is 7.35. The largest absolute Gasteiger partial charge is 0.495 e. The fourth-order valence-electron chi connectivity index (χ4n) is 1.96. The fraction of sp³-hybridized carbons (Fsp3) is 0.529. The van der Waals surface area contributed by atoms with Crippen LogP contribution in [-0.4, -0.2) is 29.9 Å². The molecule has 0 unspecified atom stereocenters. The van der Waals surface area contributed by atoms with Gasteiger partial charge in [-0.05, 0) is 58.7 Å². The minimum absolute atomic E-state index is 0.329. The molecule has 0 radical (unpaired) electrons. The van der Waals surface area contributed by atoms with E-state index in [9.17, 15) is 14.7 Å². The van der Waals surface area contributed by atoms with Gasteiger partial charge in [-0.25, -0.2) is 4.79 Å². The molecule has 0 saturated heterocycles. The minimum Gasteiger partial charge on any atom is -0.495 e. The Labute approximate surface area is 136 Å². The van der Waals surface area contributed by atoms with Crippen molar-refractivity contribution in [3.05, 3.63) is 23.8 Å². The van der Waals surface area contributed by atoms with Crippen LogP contribution in [-0.2, 0) is 16.0 Å². The molecule has 0 aliphatic carbocycles. The van der Waals surface area contributed by atoms with E-state index in [0.29, 0.717) is 17.9 Å². The lowest BCUT2D eigenvalue weighted by Gasteiger charge is -2.22. The lowest BCUT2D eigenvalue weighted by atomic mass is 9.86. The molecule has 0 bridgehead atoms. The summed E-state index contributed by atoms with van der Waals surface area (Å²) in [5.74, 6) is -0.400. The SMILES string of the molecule is COc1ccc(CC(C)(C)C(=O)O)cc1NC(=O)OC(C)(C)C. The van der Waals surface area contributed by atoms with E-state index in [0.717, 1.165) is 5.56 Å². The zero-order valence-electron chi connectivity index (χ0n) is 14.5. The molecule has 0 aliphatic rings. The number of carbonyl (C=O) groups excluding carboxylic acids is 1. The number of anilines is 1. The number of hydrogen-bond acceptors (Lipinski definition) is 4. The van der Waals surface area contributed by atoms with E-state index in [1.165, 1.54) is 7.11 Å². The fourth-order valence-corrected chi connectivity index (χ4v) is 1.96. The van der Waals surface area contributed by atoms with Crippen LogP contribution in [0.1, 0.15) is 40.2 Å². The van der Waals surface area contributed by atoms with Gasteiger partial charge in [-0.3, -0.25) is 10.1 Å². The Kier molecular flexibility index (Phi) is 5.64. The second-order valence-corrected chi connectivity index (χ2v) is 7.03. The Morgan fingerprint density at radius 2 is 1.78 bits per heavy atom. The molecule has 0 aromatic heterocycles. The van der Waals surface area contributed by atoms with Crippen molar-refractivity contribution in [2.24, 2.45) is 5.41 Å². The van der Waals surface area contributed by atoms with Crippen LogP contribution in [0.2, 0.25) is 0 Å². The number of benzene rings is 1. The summed E-state index contributed by atoms with van der Waals surface area (Å²) in [6.45, 7) is 8.63. The number of nitrogens with one attached hydrogen (secondary N) is 1. The zero-order valence-corrected chi connectivity index (χ0v) is 14.5. The number of methoxy groups -OCH3 is 1. The van der Waals surface area contributed by atoms with Gasteiger partial charge in [0.1, 0.15) is 11.4 Å². The maximum absolute atomic E-state index is 11.9. The van der Waals surface area contributed by atoms with Gasteiger partial charge >= 0.3 is 12.1 Å². The molecule has 0 spiro atoms. The maximum atomic E-state index is 11.9. The topological polar surface area (TPSA) is 84.9 Å². The van der Waals surface area contributed by atoms with E-state index in [2.05, 4.69) is 5.32 Å². The molecule has 1 rings (SSSR count). The summed E-state index contributed by atoms with van der Waals surface area (Å²) in [7, 11) is 1.50. The number of ether oxygens (including phenoxy) is 2. The van der Waals surface area contributed by atoms with Gasteiger partial charge in [-0.2, -0.15) is 0 Å². The Morgan fingerprint density at radius 1 is 1.17 bits per heavy atom. The van der Waals surface area contributed by atoms with Crippen LogP contribution < -0.4 is 10.1 Å². The zero-order chi connectivity index (χ0) is 17.8. The molecule has 2 N–H and O–H groups in total. The highest BCUT2D eigenvalue weighted by atomic mass is 16.6. The third-order valence-electron chi connectivity index (χ3n) is 3.12. The first-order valence-corrected chi connectivity index (χ1v) is 7.35. The molecule has 0 saturated carbocycles. The molecule has 0 heterocycles. The van der Waals surface area contributed by atoms with E-state index < -0.39 is 23.1 Å². The van der Waals surface area contributed by atoms with Crippen LogP contribution in [0.3, 0.4) is 0 Å². The number of hydrogen-bond donors (Lipinski definition) is 2. The average Bonchev–Trinajstić information content (AvgIpc) is 2.36. The van der Waals surface area contributed by atoms with Crippen molar-refractivity contribution in [1.29, 1.82) is 0 Å². The van der Waals surface area contributed by atoms with Crippen molar-refractivity contribution in [2.75, 3.05) is 12.4 Å². The van der Waals surface area contributed by atoms with Crippen molar-refractivity contribution in [3.63, 3.8) is 0 Å². The first-order chi connectivity index (χ1) is 10.4. The van der Waals surface area contributed by atoms with E-state index in [4.69, 9.17) is 9.47 Å². The van der Waals surface area contributed by atoms with Crippen LogP contribution in [0, 0.1) is 5.41 Å².